The molecule has 0 atom stereocenters. The molecule has 0 unspecified atom stereocenters. The van der Waals surface area contributed by atoms with Crippen molar-refractivity contribution in [2.75, 3.05) is 32.2 Å². The molecule has 3 heteroatoms. The third-order valence-corrected chi connectivity index (χ3v) is 1.51. The van der Waals surface area contributed by atoms with Crippen molar-refractivity contribution in [1.29, 1.82) is 0 Å². The van der Waals surface area contributed by atoms with Crippen LogP contribution in [0.3, 0.4) is 0 Å². The van der Waals surface area contributed by atoms with E-state index >= 15 is 0 Å². The Kier molecular flexibility index (Phi) is 10.4. The second-order valence-corrected chi connectivity index (χ2v) is 2.78. The molecule has 0 amide bonds. The summed E-state index contributed by atoms with van der Waals surface area (Å²) >= 11 is 5.42. The molecule has 11 heavy (non-hydrogen) atoms. The molecule has 0 aliphatic rings. The van der Waals surface area contributed by atoms with Gasteiger partial charge in [0.15, 0.2) is 0 Å². The van der Waals surface area contributed by atoms with Gasteiger partial charge in [-0.05, 0) is 13.0 Å². The van der Waals surface area contributed by atoms with Crippen LogP contribution in [0.2, 0.25) is 0 Å². The first kappa shape index (κ1) is 11.2. The zero-order valence-electron chi connectivity index (χ0n) is 7.24. The first-order valence-electron chi connectivity index (χ1n) is 4.26. The SMILES string of the molecule is CCCCNCCOCCCl. The van der Waals surface area contributed by atoms with Crippen molar-refractivity contribution < 1.29 is 4.74 Å². The fraction of sp³-hybridized carbons (Fsp3) is 1.00. The van der Waals surface area contributed by atoms with E-state index in [9.17, 15) is 0 Å². The monoisotopic (exact) mass is 179 g/mol. The highest BCUT2D eigenvalue weighted by Gasteiger charge is 1.86. The summed E-state index contributed by atoms with van der Waals surface area (Å²) in [5.74, 6) is 0.592. The van der Waals surface area contributed by atoms with Gasteiger partial charge in [0, 0.05) is 12.4 Å². The van der Waals surface area contributed by atoms with Gasteiger partial charge in [0.25, 0.3) is 0 Å². The van der Waals surface area contributed by atoms with Crippen LogP contribution < -0.4 is 5.32 Å². The van der Waals surface area contributed by atoms with Crippen LogP contribution in [-0.2, 0) is 4.74 Å². The summed E-state index contributed by atoms with van der Waals surface area (Å²) in [6, 6.07) is 0. The average molecular weight is 180 g/mol. The molecule has 0 aromatic rings. The Balaban J connectivity index is 2.69. The molecule has 0 spiro atoms. The van der Waals surface area contributed by atoms with Crippen LogP contribution in [0.15, 0.2) is 0 Å². The topological polar surface area (TPSA) is 21.3 Å². The van der Waals surface area contributed by atoms with Gasteiger partial charge in [0.1, 0.15) is 0 Å². The summed E-state index contributed by atoms with van der Waals surface area (Å²) in [4.78, 5) is 0. The standard InChI is InChI=1S/C8H18ClNO/c1-2-3-5-10-6-8-11-7-4-9/h10H,2-8H2,1H3. The molecule has 0 fully saturated rings. The maximum absolute atomic E-state index is 5.42. The van der Waals surface area contributed by atoms with E-state index in [4.69, 9.17) is 16.3 Å². The van der Waals surface area contributed by atoms with Gasteiger partial charge in [-0.3, -0.25) is 0 Å². The lowest BCUT2D eigenvalue weighted by molar-refractivity contribution is 0.151. The summed E-state index contributed by atoms with van der Waals surface area (Å²) in [7, 11) is 0. The molecular formula is C8H18ClNO. The number of unbranched alkanes of at least 4 members (excludes halogenated alkanes) is 1. The Morgan fingerprint density at radius 1 is 1.27 bits per heavy atom. The maximum atomic E-state index is 5.42. The molecule has 0 radical (unpaired) electrons. The van der Waals surface area contributed by atoms with Gasteiger partial charge >= 0.3 is 0 Å². The molecule has 0 rings (SSSR count). The van der Waals surface area contributed by atoms with Crippen molar-refractivity contribution in [3.8, 4) is 0 Å². The molecule has 68 valence electrons. The van der Waals surface area contributed by atoms with E-state index in [0.29, 0.717) is 12.5 Å². The normalized spacial score (nSPS) is 10.4. The van der Waals surface area contributed by atoms with Crippen molar-refractivity contribution in [1.82, 2.24) is 5.32 Å². The number of nitrogens with one attached hydrogen (secondary N) is 1. The first-order valence-corrected chi connectivity index (χ1v) is 4.79. The van der Waals surface area contributed by atoms with Crippen LogP contribution in [0.25, 0.3) is 0 Å². The molecule has 0 saturated carbocycles. The van der Waals surface area contributed by atoms with Crippen LogP contribution in [0.5, 0.6) is 0 Å². The van der Waals surface area contributed by atoms with Gasteiger partial charge in [-0.15, -0.1) is 11.6 Å². The lowest BCUT2D eigenvalue weighted by atomic mass is 10.3. The first-order chi connectivity index (χ1) is 5.41. The van der Waals surface area contributed by atoms with E-state index in [1.165, 1.54) is 12.8 Å². The largest absolute Gasteiger partial charge is 0.379 e. The number of hydrogen-bond acceptors (Lipinski definition) is 2. The molecule has 0 aromatic carbocycles. The summed E-state index contributed by atoms with van der Waals surface area (Å²) in [6.45, 7) is 5.66. The molecule has 0 bridgehead atoms. The predicted molar refractivity (Wildman–Crippen MR) is 49.3 cm³/mol. The van der Waals surface area contributed by atoms with Gasteiger partial charge in [-0.25, -0.2) is 0 Å². The number of alkyl halides is 1. The minimum absolute atomic E-state index is 0.592. The summed E-state index contributed by atoms with van der Waals surface area (Å²) < 4.78 is 5.17. The third-order valence-electron chi connectivity index (χ3n) is 1.35. The predicted octanol–water partition coefficient (Wildman–Crippen LogP) is 1.63. The lowest BCUT2D eigenvalue weighted by Crippen LogP contribution is -2.21. The molecular weight excluding hydrogens is 162 g/mol. The van der Waals surface area contributed by atoms with Crippen LogP contribution in [0, 0.1) is 0 Å². The van der Waals surface area contributed by atoms with Crippen LogP contribution in [0.4, 0.5) is 0 Å². The smallest absolute Gasteiger partial charge is 0.0602 e. The second-order valence-electron chi connectivity index (χ2n) is 2.40. The summed E-state index contributed by atoms with van der Waals surface area (Å²) in [5.41, 5.74) is 0. The van der Waals surface area contributed by atoms with E-state index in [1.54, 1.807) is 0 Å². The van der Waals surface area contributed by atoms with E-state index in [2.05, 4.69) is 12.2 Å². The van der Waals surface area contributed by atoms with Crippen LogP contribution >= 0.6 is 11.6 Å². The fourth-order valence-electron chi connectivity index (χ4n) is 0.728. The highest BCUT2D eigenvalue weighted by molar-refractivity contribution is 6.17. The molecule has 1 N–H and O–H groups in total. The highest BCUT2D eigenvalue weighted by Crippen LogP contribution is 1.82. The van der Waals surface area contributed by atoms with Crippen molar-refractivity contribution in [3.05, 3.63) is 0 Å². The van der Waals surface area contributed by atoms with Crippen molar-refractivity contribution in [3.63, 3.8) is 0 Å². The van der Waals surface area contributed by atoms with Crippen LogP contribution in [-0.4, -0.2) is 32.2 Å². The van der Waals surface area contributed by atoms with Crippen LogP contribution in [0.1, 0.15) is 19.8 Å². The van der Waals surface area contributed by atoms with Gasteiger partial charge in [-0.1, -0.05) is 13.3 Å². The summed E-state index contributed by atoms with van der Waals surface area (Å²) in [6.07, 6.45) is 2.49. The Bertz CT molecular complexity index is 63.1. The van der Waals surface area contributed by atoms with Crippen molar-refractivity contribution in [2.24, 2.45) is 0 Å². The Morgan fingerprint density at radius 3 is 2.73 bits per heavy atom. The number of rotatable bonds is 8. The zero-order valence-corrected chi connectivity index (χ0v) is 7.99. The third kappa shape index (κ3) is 10.2. The Labute approximate surface area is 74.3 Å². The minimum atomic E-state index is 0.592. The second kappa shape index (κ2) is 10.2. The molecule has 0 aliphatic heterocycles. The Morgan fingerprint density at radius 2 is 2.09 bits per heavy atom. The number of halogens is 1. The molecule has 0 aliphatic carbocycles. The fourth-order valence-corrected chi connectivity index (χ4v) is 0.837. The number of hydrogen-bond donors (Lipinski definition) is 1. The van der Waals surface area contributed by atoms with Crippen molar-refractivity contribution >= 4 is 11.6 Å². The van der Waals surface area contributed by atoms with E-state index in [1.807, 2.05) is 0 Å². The molecule has 0 saturated heterocycles. The van der Waals surface area contributed by atoms with Crippen molar-refractivity contribution in [2.45, 2.75) is 19.8 Å². The molecule has 0 aromatic heterocycles. The molecule has 0 heterocycles. The van der Waals surface area contributed by atoms with E-state index in [-0.39, 0.29) is 0 Å². The van der Waals surface area contributed by atoms with E-state index in [0.717, 1.165) is 19.7 Å². The van der Waals surface area contributed by atoms with E-state index < -0.39 is 0 Å². The van der Waals surface area contributed by atoms with Gasteiger partial charge < -0.3 is 10.1 Å². The van der Waals surface area contributed by atoms with Gasteiger partial charge in [-0.2, -0.15) is 0 Å². The quantitative estimate of drug-likeness (QED) is 0.452. The molecule has 2 nitrogen and oxygen atoms in total. The van der Waals surface area contributed by atoms with Gasteiger partial charge in [0.05, 0.1) is 13.2 Å². The lowest BCUT2D eigenvalue weighted by Gasteiger charge is -2.03. The average Bonchev–Trinajstić information content (AvgIpc) is 2.03. The number of ether oxygens (including phenoxy) is 1. The minimum Gasteiger partial charge on any atom is -0.379 e. The highest BCUT2D eigenvalue weighted by atomic mass is 35.5. The maximum Gasteiger partial charge on any atom is 0.0602 e. The summed E-state index contributed by atoms with van der Waals surface area (Å²) in [5, 5.41) is 3.28. The Hall–Kier alpha value is 0.210. The zero-order chi connectivity index (χ0) is 8.36. The van der Waals surface area contributed by atoms with Gasteiger partial charge in [0.2, 0.25) is 0 Å².